The van der Waals surface area contributed by atoms with Gasteiger partial charge in [-0.3, -0.25) is 0 Å². The molecule has 21 heavy (non-hydrogen) atoms. The number of hydrogen-bond donors (Lipinski definition) is 1. The number of amides is 2. The molecule has 0 aromatic carbocycles. The van der Waals surface area contributed by atoms with E-state index in [0.29, 0.717) is 19.0 Å². The Labute approximate surface area is 126 Å². The summed E-state index contributed by atoms with van der Waals surface area (Å²) in [6.45, 7) is 2.19. The molecular weight excluding hydrogens is 270 g/mol. The monoisotopic (exact) mass is 297 g/mol. The fourth-order valence-electron chi connectivity index (χ4n) is 3.76. The van der Waals surface area contributed by atoms with Crippen molar-refractivity contribution in [1.82, 2.24) is 14.7 Å². The topological polar surface area (TPSA) is 64.1 Å². The van der Waals surface area contributed by atoms with Gasteiger partial charge in [0.1, 0.15) is 6.04 Å². The molecule has 0 aromatic rings. The smallest absolute Gasteiger partial charge is 0.326 e. The van der Waals surface area contributed by atoms with Crippen molar-refractivity contribution in [3.05, 3.63) is 0 Å². The van der Waals surface area contributed by atoms with Crippen molar-refractivity contribution < 1.29 is 14.7 Å². The largest absolute Gasteiger partial charge is 0.480 e. The van der Waals surface area contributed by atoms with E-state index in [1.807, 2.05) is 14.1 Å². The molecule has 2 aliphatic rings. The Hall–Kier alpha value is -1.30. The average molecular weight is 297 g/mol. The first-order valence-electron chi connectivity index (χ1n) is 7.81. The average Bonchev–Trinajstić information content (AvgIpc) is 2.96. The first-order chi connectivity index (χ1) is 9.91. The molecule has 0 bridgehead atoms. The summed E-state index contributed by atoms with van der Waals surface area (Å²) in [6, 6.07) is -0.753. The number of carboxylic acids is 1. The molecule has 0 radical (unpaired) electrons. The van der Waals surface area contributed by atoms with Crippen LogP contribution in [0, 0.1) is 11.8 Å². The summed E-state index contributed by atoms with van der Waals surface area (Å²) in [4.78, 5) is 29.4. The Kier molecular flexibility index (Phi) is 5.08. The van der Waals surface area contributed by atoms with Gasteiger partial charge in [0, 0.05) is 20.1 Å². The molecule has 3 atom stereocenters. The SMILES string of the molecule is CN(C)CCCN(C)C(=O)N1CC2CCCC2C1C(=O)O. The van der Waals surface area contributed by atoms with Crippen LogP contribution in [-0.4, -0.2) is 78.6 Å². The molecule has 0 spiro atoms. The number of aliphatic carboxylic acids is 1. The molecular formula is C15H27N3O3. The zero-order valence-electron chi connectivity index (χ0n) is 13.3. The highest BCUT2D eigenvalue weighted by atomic mass is 16.4. The van der Waals surface area contributed by atoms with E-state index in [2.05, 4.69) is 4.90 Å². The zero-order chi connectivity index (χ0) is 15.6. The second kappa shape index (κ2) is 6.64. The van der Waals surface area contributed by atoms with Crippen molar-refractivity contribution in [2.24, 2.45) is 11.8 Å². The third-order valence-electron chi connectivity index (χ3n) is 4.81. The lowest BCUT2D eigenvalue weighted by Crippen LogP contribution is -2.48. The number of fused-ring (bicyclic) bond motifs is 1. The number of carboxylic acid groups (broad SMARTS) is 1. The van der Waals surface area contributed by atoms with Gasteiger partial charge in [-0.1, -0.05) is 6.42 Å². The van der Waals surface area contributed by atoms with E-state index in [0.717, 1.165) is 32.2 Å². The van der Waals surface area contributed by atoms with Gasteiger partial charge in [-0.2, -0.15) is 0 Å². The molecule has 1 N–H and O–H groups in total. The maximum atomic E-state index is 12.5. The first kappa shape index (κ1) is 16.1. The maximum absolute atomic E-state index is 12.5. The Morgan fingerprint density at radius 2 is 1.90 bits per heavy atom. The van der Waals surface area contributed by atoms with Crippen LogP contribution in [0.1, 0.15) is 25.7 Å². The van der Waals surface area contributed by atoms with Crippen molar-refractivity contribution in [1.29, 1.82) is 0 Å². The second-order valence-electron chi connectivity index (χ2n) is 6.65. The summed E-state index contributed by atoms with van der Waals surface area (Å²) in [7, 11) is 5.78. The van der Waals surface area contributed by atoms with E-state index < -0.39 is 12.0 Å². The maximum Gasteiger partial charge on any atom is 0.326 e. The highest BCUT2D eigenvalue weighted by Crippen LogP contribution is 2.42. The molecule has 6 nitrogen and oxygen atoms in total. The number of carbonyl (C=O) groups is 2. The summed E-state index contributed by atoms with van der Waals surface area (Å²) in [6.07, 6.45) is 3.99. The van der Waals surface area contributed by atoms with Crippen molar-refractivity contribution >= 4 is 12.0 Å². The van der Waals surface area contributed by atoms with Crippen LogP contribution in [0.4, 0.5) is 4.79 Å². The predicted molar refractivity (Wildman–Crippen MR) is 80.2 cm³/mol. The number of carbonyl (C=O) groups excluding carboxylic acids is 1. The van der Waals surface area contributed by atoms with Crippen LogP contribution in [-0.2, 0) is 4.79 Å². The van der Waals surface area contributed by atoms with E-state index in [1.165, 1.54) is 0 Å². The Morgan fingerprint density at radius 1 is 1.19 bits per heavy atom. The van der Waals surface area contributed by atoms with Gasteiger partial charge in [0.25, 0.3) is 0 Å². The van der Waals surface area contributed by atoms with Gasteiger partial charge in [-0.05, 0) is 51.7 Å². The van der Waals surface area contributed by atoms with Gasteiger partial charge < -0.3 is 19.8 Å². The van der Waals surface area contributed by atoms with Crippen LogP contribution in [0.3, 0.4) is 0 Å². The van der Waals surface area contributed by atoms with Crippen LogP contribution >= 0.6 is 0 Å². The highest BCUT2D eigenvalue weighted by molar-refractivity contribution is 5.83. The normalized spacial score (nSPS) is 28.0. The molecule has 120 valence electrons. The molecule has 2 rings (SSSR count). The van der Waals surface area contributed by atoms with Crippen molar-refractivity contribution in [2.75, 3.05) is 40.8 Å². The van der Waals surface area contributed by atoms with Crippen molar-refractivity contribution in [3.63, 3.8) is 0 Å². The molecule has 1 aliphatic heterocycles. The van der Waals surface area contributed by atoms with E-state index in [4.69, 9.17) is 0 Å². The first-order valence-corrected chi connectivity index (χ1v) is 7.81. The summed E-state index contributed by atoms with van der Waals surface area (Å²) in [5, 5.41) is 9.49. The quantitative estimate of drug-likeness (QED) is 0.827. The number of nitrogens with zero attached hydrogens (tertiary/aromatic N) is 3. The minimum atomic E-state index is -0.848. The van der Waals surface area contributed by atoms with Crippen LogP contribution in [0.2, 0.25) is 0 Å². The predicted octanol–water partition coefficient (Wildman–Crippen LogP) is 1.17. The third kappa shape index (κ3) is 3.48. The molecule has 1 heterocycles. The van der Waals surface area contributed by atoms with Gasteiger partial charge >= 0.3 is 12.0 Å². The minimum Gasteiger partial charge on any atom is -0.480 e. The Balaban J connectivity index is 1.96. The molecule has 1 saturated heterocycles. The second-order valence-corrected chi connectivity index (χ2v) is 6.65. The lowest BCUT2D eigenvalue weighted by atomic mass is 9.94. The van der Waals surface area contributed by atoms with Gasteiger partial charge in [0.2, 0.25) is 0 Å². The molecule has 1 saturated carbocycles. The van der Waals surface area contributed by atoms with Gasteiger partial charge in [-0.25, -0.2) is 9.59 Å². The van der Waals surface area contributed by atoms with Crippen LogP contribution < -0.4 is 0 Å². The summed E-state index contributed by atoms with van der Waals surface area (Å²) in [5.74, 6) is -0.314. The van der Waals surface area contributed by atoms with Crippen LogP contribution in [0.15, 0.2) is 0 Å². The van der Waals surface area contributed by atoms with Crippen molar-refractivity contribution in [2.45, 2.75) is 31.7 Å². The number of likely N-dealkylation sites (tertiary alicyclic amines) is 1. The van der Waals surface area contributed by atoms with Gasteiger partial charge in [0.15, 0.2) is 0 Å². The Morgan fingerprint density at radius 3 is 2.52 bits per heavy atom. The fraction of sp³-hybridized carbons (Fsp3) is 0.867. The molecule has 2 amide bonds. The number of urea groups is 1. The summed E-state index contributed by atoms with van der Waals surface area (Å²) in [5.41, 5.74) is 0. The standard InChI is InChI=1S/C15H27N3O3/c1-16(2)8-5-9-17(3)15(21)18-10-11-6-4-7-12(11)13(18)14(19)20/h11-13H,4-10H2,1-3H3,(H,19,20). The van der Waals surface area contributed by atoms with Crippen LogP contribution in [0.25, 0.3) is 0 Å². The number of hydrogen-bond acceptors (Lipinski definition) is 3. The molecule has 6 heteroatoms. The summed E-state index contributed by atoms with van der Waals surface area (Å²) >= 11 is 0. The number of rotatable bonds is 5. The summed E-state index contributed by atoms with van der Waals surface area (Å²) < 4.78 is 0. The fourth-order valence-corrected chi connectivity index (χ4v) is 3.76. The highest BCUT2D eigenvalue weighted by Gasteiger charge is 2.50. The third-order valence-corrected chi connectivity index (χ3v) is 4.81. The van der Waals surface area contributed by atoms with E-state index >= 15 is 0 Å². The zero-order valence-corrected chi connectivity index (χ0v) is 13.3. The van der Waals surface area contributed by atoms with E-state index in [9.17, 15) is 14.7 Å². The Bertz CT molecular complexity index is 400. The van der Waals surface area contributed by atoms with Crippen molar-refractivity contribution in [3.8, 4) is 0 Å². The molecule has 1 aliphatic carbocycles. The van der Waals surface area contributed by atoms with Gasteiger partial charge in [0.05, 0.1) is 0 Å². The van der Waals surface area contributed by atoms with Gasteiger partial charge in [-0.15, -0.1) is 0 Å². The minimum absolute atomic E-state index is 0.129. The molecule has 2 fully saturated rings. The van der Waals surface area contributed by atoms with Crippen LogP contribution in [0.5, 0.6) is 0 Å². The molecule has 3 unspecified atom stereocenters. The lowest BCUT2D eigenvalue weighted by molar-refractivity contribution is -0.142. The van der Waals surface area contributed by atoms with E-state index in [-0.39, 0.29) is 11.9 Å². The molecule has 0 aromatic heterocycles. The van der Waals surface area contributed by atoms with E-state index in [1.54, 1.807) is 16.8 Å². The lowest BCUT2D eigenvalue weighted by Gasteiger charge is -2.29.